The summed E-state index contributed by atoms with van der Waals surface area (Å²) >= 11 is 0. The molecule has 0 aliphatic rings. The van der Waals surface area contributed by atoms with E-state index in [1.54, 1.807) is 7.11 Å². The zero-order valence-electron chi connectivity index (χ0n) is 11.0. The molecule has 0 saturated heterocycles. The third kappa shape index (κ3) is 5.08. The molecule has 1 atom stereocenters. The molecule has 6 heteroatoms. The van der Waals surface area contributed by atoms with E-state index in [1.807, 2.05) is 0 Å². The maximum absolute atomic E-state index is 13.4. The van der Waals surface area contributed by atoms with Gasteiger partial charge in [-0.05, 0) is 24.6 Å². The second-order valence-electron chi connectivity index (χ2n) is 3.91. The highest BCUT2D eigenvalue weighted by Crippen LogP contribution is 2.18. The van der Waals surface area contributed by atoms with Crippen LogP contribution in [0.15, 0.2) is 18.2 Å². The van der Waals surface area contributed by atoms with Crippen LogP contribution in [-0.2, 0) is 15.5 Å². The number of hydrogen-bond donors (Lipinski definition) is 0. The van der Waals surface area contributed by atoms with Crippen LogP contribution in [-0.4, -0.2) is 42.3 Å². The van der Waals surface area contributed by atoms with Gasteiger partial charge >= 0.3 is 0 Å². The third-order valence-corrected chi connectivity index (χ3v) is 3.81. The predicted molar refractivity (Wildman–Crippen MR) is 71.7 cm³/mol. The average molecular weight is 288 g/mol. The van der Waals surface area contributed by atoms with Gasteiger partial charge in [-0.25, -0.2) is 4.39 Å². The summed E-state index contributed by atoms with van der Waals surface area (Å²) < 4.78 is 34.7. The lowest BCUT2D eigenvalue weighted by Crippen LogP contribution is -2.14. The van der Waals surface area contributed by atoms with Gasteiger partial charge in [0, 0.05) is 35.8 Å². The van der Waals surface area contributed by atoms with E-state index in [9.17, 15) is 13.4 Å². The lowest BCUT2D eigenvalue weighted by Gasteiger charge is -2.05. The lowest BCUT2D eigenvalue weighted by molar-refractivity contribution is 0.102. The number of carbonyl (C=O) groups is 1. The molecular formula is C13H17FO4S. The molecule has 1 aromatic carbocycles. The molecule has 106 valence electrons. The highest BCUT2D eigenvalue weighted by molar-refractivity contribution is 7.85. The average Bonchev–Trinajstić information content (AvgIpc) is 2.38. The summed E-state index contributed by atoms with van der Waals surface area (Å²) in [4.78, 5) is 11.8. The SMILES string of the molecule is COCCCS(=O)CC(=O)c1ccc(OC)c(F)c1. The number of hydrogen-bond acceptors (Lipinski definition) is 4. The van der Waals surface area contributed by atoms with Crippen molar-refractivity contribution in [3.05, 3.63) is 29.6 Å². The molecule has 0 aliphatic carbocycles. The Morgan fingerprint density at radius 1 is 1.37 bits per heavy atom. The first-order valence-electron chi connectivity index (χ1n) is 5.79. The van der Waals surface area contributed by atoms with Crippen LogP contribution in [0.2, 0.25) is 0 Å². The van der Waals surface area contributed by atoms with E-state index >= 15 is 0 Å². The number of Topliss-reactive ketones (excluding diaryl/α,β-unsaturated/α-hetero) is 1. The number of rotatable bonds is 8. The van der Waals surface area contributed by atoms with Crippen molar-refractivity contribution in [2.45, 2.75) is 6.42 Å². The number of methoxy groups -OCH3 is 2. The first kappa shape index (κ1) is 15.8. The molecule has 0 aromatic heterocycles. The van der Waals surface area contributed by atoms with Crippen molar-refractivity contribution in [3.63, 3.8) is 0 Å². The summed E-state index contributed by atoms with van der Waals surface area (Å²) in [5.41, 5.74) is 0.207. The maximum atomic E-state index is 13.4. The Morgan fingerprint density at radius 3 is 2.68 bits per heavy atom. The third-order valence-electron chi connectivity index (χ3n) is 2.49. The Kier molecular flexibility index (Phi) is 6.66. The van der Waals surface area contributed by atoms with Crippen LogP contribution in [0.25, 0.3) is 0 Å². The molecule has 0 bridgehead atoms. The van der Waals surface area contributed by atoms with Crippen LogP contribution >= 0.6 is 0 Å². The van der Waals surface area contributed by atoms with E-state index in [0.29, 0.717) is 18.8 Å². The highest BCUT2D eigenvalue weighted by atomic mass is 32.2. The maximum Gasteiger partial charge on any atom is 0.175 e. The molecule has 4 nitrogen and oxygen atoms in total. The van der Waals surface area contributed by atoms with Gasteiger partial charge in [0.25, 0.3) is 0 Å². The van der Waals surface area contributed by atoms with Crippen molar-refractivity contribution < 1.29 is 22.9 Å². The standard InChI is InChI=1S/C13H17FO4S/c1-17-6-3-7-19(16)9-12(15)10-4-5-13(18-2)11(14)8-10/h4-5,8H,3,6-7,9H2,1-2H3. The molecule has 0 fully saturated rings. The van der Waals surface area contributed by atoms with E-state index in [0.717, 1.165) is 6.07 Å². The minimum absolute atomic E-state index is 0.0813. The molecular weight excluding hydrogens is 271 g/mol. The summed E-state index contributed by atoms with van der Waals surface area (Å²) in [5, 5.41) is 0. The molecule has 1 aromatic rings. The molecule has 0 N–H and O–H groups in total. The fourth-order valence-corrected chi connectivity index (χ4v) is 2.55. The van der Waals surface area contributed by atoms with Crippen LogP contribution in [0.5, 0.6) is 5.75 Å². The molecule has 1 unspecified atom stereocenters. The molecule has 0 spiro atoms. The summed E-state index contributed by atoms with van der Waals surface area (Å²) in [5.74, 6) is -0.554. The zero-order chi connectivity index (χ0) is 14.3. The number of carbonyl (C=O) groups excluding carboxylic acids is 1. The van der Waals surface area contributed by atoms with Gasteiger partial charge in [0.2, 0.25) is 0 Å². The van der Waals surface area contributed by atoms with Gasteiger partial charge in [-0.1, -0.05) is 0 Å². The number of ketones is 1. The molecule has 0 heterocycles. The Morgan fingerprint density at radius 2 is 2.11 bits per heavy atom. The predicted octanol–water partition coefficient (Wildman–Crippen LogP) is 1.80. The normalized spacial score (nSPS) is 12.2. The quantitative estimate of drug-likeness (QED) is 0.541. The Labute approximate surface area is 114 Å². The van der Waals surface area contributed by atoms with E-state index < -0.39 is 16.6 Å². The smallest absolute Gasteiger partial charge is 0.175 e. The monoisotopic (exact) mass is 288 g/mol. The summed E-state index contributed by atoms with van der Waals surface area (Å²) in [6.45, 7) is 0.511. The molecule has 19 heavy (non-hydrogen) atoms. The van der Waals surface area contributed by atoms with Crippen LogP contribution in [0.1, 0.15) is 16.8 Å². The van der Waals surface area contributed by atoms with Crippen molar-refractivity contribution in [2.24, 2.45) is 0 Å². The lowest BCUT2D eigenvalue weighted by atomic mass is 10.1. The summed E-state index contributed by atoms with van der Waals surface area (Å²) in [6.07, 6.45) is 0.632. The Hall–Kier alpha value is -1.27. The first-order chi connectivity index (χ1) is 9.08. The second kappa shape index (κ2) is 8.01. The number of benzene rings is 1. The first-order valence-corrected chi connectivity index (χ1v) is 7.28. The highest BCUT2D eigenvalue weighted by Gasteiger charge is 2.13. The van der Waals surface area contributed by atoms with Crippen molar-refractivity contribution in [2.75, 3.05) is 32.3 Å². The topological polar surface area (TPSA) is 52.6 Å². The molecule has 0 saturated carbocycles. The van der Waals surface area contributed by atoms with Gasteiger partial charge in [0.1, 0.15) is 0 Å². The number of ether oxygens (including phenoxy) is 2. The fourth-order valence-electron chi connectivity index (χ4n) is 1.51. The molecule has 1 rings (SSSR count). The molecule has 0 amide bonds. The van der Waals surface area contributed by atoms with E-state index in [4.69, 9.17) is 9.47 Å². The van der Waals surface area contributed by atoms with Gasteiger partial charge in [-0.15, -0.1) is 0 Å². The summed E-state index contributed by atoms with van der Waals surface area (Å²) in [7, 11) is 1.67. The van der Waals surface area contributed by atoms with Crippen molar-refractivity contribution in [3.8, 4) is 5.75 Å². The Bertz CT molecular complexity index is 462. The van der Waals surface area contributed by atoms with E-state index in [2.05, 4.69) is 0 Å². The van der Waals surface area contributed by atoms with E-state index in [1.165, 1.54) is 19.2 Å². The molecule has 0 aliphatic heterocycles. The largest absolute Gasteiger partial charge is 0.494 e. The summed E-state index contributed by atoms with van der Waals surface area (Å²) in [6, 6.07) is 3.96. The zero-order valence-corrected chi connectivity index (χ0v) is 11.8. The van der Waals surface area contributed by atoms with Crippen LogP contribution in [0.3, 0.4) is 0 Å². The van der Waals surface area contributed by atoms with Crippen LogP contribution in [0, 0.1) is 5.82 Å². The second-order valence-corrected chi connectivity index (χ2v) is 5.48. The van der Waals surface area contributed by atoms with E-state index in [-0.39, 0.29) is 22.8 Å². The Balaban J connectivity index is 2.58. The van der Waals surface area contributed by atoms with Gasteiger partial charge in [-0.2, -0.15) is 0 Å². The van der Waals surface area contributed by atoms with Crippen LogP contribution in [0.4, 0.5) is 4.39 Å². The van der Waals surface area contributed by atoms with Gasteiger partial charge in [-0.3, -0.25) is 9.00 Å². The van der Waals surface area contributed by atoms with Crippen molar-refractivity contribution in [1.29, 1.82) is 0 Å². The minimum Gasteiger partial charge on any atom is -0.494 e. The molecule has 0 radical (unpaired) electrons. The van der Waals surface area contributed by atoms with Crippen molar-refractivity contribution in [1.82, 2.24) is 0 Å². The minimum atomic E-state index is -1.25. The fraction of sp³-hybridized carbons (Fsp3) is 0.462. The van der Waals surface area contributed by atoms with Crippen LogP contribution < -0.4 is 4.74 Å². The van der Waals surface area contributed by atoms with Gasteiger partial charge in [0.05, 0.1) is 12.9 Å². The van der Waals surface area contributed by atoms with Gasteiger partial charge in [0.15, 0.2) is 17.3 Å². The number of halogens is 1. The van der Waals surface area contributed by atoms with Crippen molar-refractivity contribution >= 4 is 16.6 Å². The van der Waals surface area contributed by atoms with Gasteiger partial charge < -0.3 is 9.47 Å².